The number of carbonyl (C=O) groups excluding carboxylic acids is 1. The molecule has 32 heavy (non-hydrogen) atoms. The number of aromatic amines is 1. The predicted molar refractivity (Wildman–Crippen MR) is 121 cm³/mol. The number of ether oxygens (including phenoxy) is 2. The summed E-state index contributed by atoms with van der Waals surface area (Å²) in [7, 11) is 0.376. The molecule has 0 bridgehead atoms. The first kappa shape index (κ1) is 23.5. The van der Waals surface area contributed by atoms with Crippen LogP contribution >= 0.6 is 0 Å². The van der Waals surface area contributed by atoms with Gasteiger partial charge in [-0.15, -0.1) is 0 Å². The van der Waals surface area contributed by atoms with Gasteiger partial charge < -0.3 is 19.8 Å². The van der Waals surface area contributed by atoms with Gasteiger partial charge in [-0.3, -0.25) is 13.9 Å². The number of anilines is 1. The number of methoxy groups -OCH3 is 2. The molecular weight excluding hydrogens is 434 g/mol. The quantitative estimate of drug-likeness (QED) is 0.498. The van der Waals surface area contributed by atoms with E-state index in [1.807, 2.05) is 13.0 Å². The van der Waals surface area contributed by atoms with Crippen molar-refractivity contribution in [2.45, 2.75) is 18.1 Å². The largest absolute Gasteiger partial charge is 0.360 e. The zero-order valence-electron chi connectivity index (χ0n) is 18.2. The molecule has 1 amide bonds. The average molecular weight is 460 g/mol. The van der Waals surface area contributed by atoms with E-state index in [-0.39, 0.29) is 22.4 Å². The normalized spacial score (nSPS) is 11.7. The molecule has 3 aromatic rings. The Bertz CT molecular complexity index is 1300. The van der Waals surface area contributed by atoms with Gasteiger partial charge in [0, 0.05) is 38.4 Å². The number of amides is 1. The van der Waals surface area contributed by atoms with Crippen LogP contribution in [0.5, 0.6) is 0 Å². The lowest BCUT2D eigenvalue weighted by molar-refractivity contribution is -0.0974. The third kappa shape index (κ3) is 4.67. The third-order valence-corrected chi connectivity index (χ3v) is 6.86. The number of sulfonamides is 1. The number of hydrogen-bond acceptors (Lipinski definition) is 6. The Balaban J connectivity index is 1.98. The summed E-state index contributed by atoms with van der Waals surface area (Å²) in [5, 5.41) is 2.65. The fraction of sp³-hybridized carbons (Fsp3) is 0.273. The number of hydrogen-bond donors (Lipinski definition) is 2. The van der Waals surface area contributed by atoms with Crippen LogP contribution in [0.25, 0.3) is 10.9 Å². The highest BCUT2D eigenvalue weighted by molar-refractivity contribution is 7.92. The highest BCUT2D eigenvalue weighted by Crippen LogP contribution is 2.24. The molecule has 9 nitrogen and oxygen atoms in total. The van der Waals surface area contributed by atoms with Gasteiger partial charge in [-0.2, -0.15) is 0 Å². The Hall–Kier alpha value is -3.21. The third-order valence-electron chi connectivity index (χ3n) is 5.08. The smallest absolute Gasteiger partial charge is 0.264 e. The van der Waals surface area contributed by atoms with E-state index >= 15 is 0 Å². The van der Waals surface area contributed by atoms with Crippen molar-refractivity contribution in [2.75, 3.05) is 32.1 Å². The van der Waals surface area contributed by atoms with Crippen LogP contribution < -0.4 is 15.1 Å². The van der Waals surface area contributed by atoms with Gasteiger partial charge in [0.2, 0.25) is 5.43 Å². The molecule has 0 atom stereocenters. The Morgan fingerprint density at radius 2 is 1.88 bits per heavy atom. The van der Waals surface area contributed by atoms with E-state index in [1.165, 1.54) is 45.7 Å². The summed E-state index contributed by atoms with van der Waals surface area (Å²) in [5.74, 6) is -0.627. The highest BCUT2D eigenvalue weighted by atomic mass is 32.2. The van der Waals surface area contributed by atoms with Gasteiger partial charge in [0.15, 0.2) is 6.29 Å². The minimum atomic E-state index is -3.93. The molecule has 170 valence electrons. The van der Waals surface area contributed by atoms with Crippen molar-refractivity contribution in [3.05, 3.63) is 70.0 Å². The number of carbonyl (C=O) groups is 1. The zero-order valence-corrected chi connectivity index (χ0v) is 19.0. The molecule has 2 aromatic carbocycles. The molecular formula is C22H25N3O6S. The summed E-state index contributed by atoms with van der Waals surface area (Å²) >= 11 is 0. The van der Waals surface area contributed by atoms with Gasteiger partial charge in [-0.1, -0.05) is 12.1 Å². The lowest BCUT2D eigenvalue weighted by atomic mass is 10.1. The van der Waals surface area contributed by atoms with Crippen LogP contribution in [0.2, 0.25) is 0 Å². The number of rotatable bonds is 8. The molecule has 3 rings (SSSR count). The van der Waals surface area contributed by atoms with E-state index in [0.29, 0.717) is 11.2 Å². The van der Waals surface area contributed by atoms with Gasteiger partial charge in [0.05, 0.1) is 17.1 Å². The van der Waals surface area contributed by atoms with Crippen LogP contribution in [0.4, 0.5) is 5.69 Å². The second kappa shape index (κ2) is 9.51. The topological polar surface area (TPSA) is 118 Å². The van der Waals surface area contributed by atoms with E-state index in [2.05, 4.69) is 10.3 Å². The van der Waals surface area contributed by atoms with E-state index in [4.69, 9.17) is 9.47 Å². The summed E-state index contributed by atoms with van der Waals surface area (Å²) in [5.41, 5.74) is 1.09. The van der Waals surface area contributed by atoms with Crippen molar-refractivity contribution >= 4 is 32.5 Å². The number of H-pyrrole nitrogens is 1. The van der Waals surface area contributed by atoms with Gasteiger partial charge in [0.25, 0.3) is 15.9 Å². The average Bonchev–Trinajstić information content (AvgIpc) is 2.79. The molecule has 0 aliphatic rings. The van der Waals surface area contributed by atoms with Crippen LogP contribution in [0.1, 0.15) is 15.9 Å². The minimum Gasteiger partial charge on any atom is -0.360 e. The van der Waals surface area contributed by atoms with Gasteiger partial charge in [0.1, 0.15) is 5.56 Å². The first-order chi connectivity index (χ1) is 15.2. The summed E-state index contributed by atoms with van der Waals surface area (Å²) < 4.78 is 37.5. The monoisotopic (exact) mass is 459 g/mol. The van der Waals surface area contributed by atoms with E-state index in [0.717, 1.165) is 9.87 Å². The molecule has 0 aliphatic carbocycles. The Morgan fingerprint density at radius 3 is 2.53 bits per heavy atom. The summed E-state index contributed by atoms with van der Waals surface area (Å²) in [6, 6.07) is 11.3. The lowest BCUT2D eigenvalue weighted by Gasteiger charge is -2.20. The minimum absolute atomic E-state index is 0.0407. The number of benzene rings is 2. The maximum Gasteiger partial charge on any atom is 0.264 e. The van der Waals surface area contributed by atoms with E-state index in [1.54, 1.807) is 18.2 Å². The van der Waals surface area contributed by atoms with Gasteiger partial charge in [-0.05, 0) is 42.8 Å². The Morgan fingerprint density at radius 1 is 1.16 bits per heavy atom. The lowest BCUT2D eigenvalue weighted by Crippen LogP contribution is -2.36. The number of pyridine rings is 1. The highest BCUT2D eigenvalue weighted by Gasteiger charge is 2.23. The molecule has 0 fully saturated rings. The second-order valence-electron chi connectivity index (χ2n) is 7.16. The van der Waals surface area contributed by atoms with Crippen molar-refractivity contribution in [3.8, 4) is 0 Å². The number of nitrogens with one attached hydrogen (secondary N) is 2. The molecule has 2 N–H and O–H groups in total. The molecule has 0 saturated heterocycles. The van der Waals surface area contributed by atoms with Crippen LogP contribution in [-0.4, -0.2) is 53.4 Å². The Kier molecular flexibility index (Phi) is 6.97. The number of aryl methyl sites for hydroxylation is 1. The molecule has 0 spiro atoms. The molecule has 0 aliphatic heterocycles. The SMILES string of the molecule is COC(CNC(=O)c1c[nH]c2ccc(S(=O)(=O)N(C)c3cccc(C)c3)cc2c1=O)OC. The zero-order chi connectivity index (χ0) is 23.5. The van der Waals surface area contributed by atoms with Crippen molar-refractivity contribution < 1.29 is 22.7 Å². The van der Waals surface area contributed by atoms with Crippen LogP contribution in [0.15, 0.2) is 58.4 Å². The molecule has 1 aromatic heterocycles. The van der Waals surface area contributed by atoms with E-state index < -0.39 is 27.6 Å². The summed E-state index contributed by atoms with van der Waals surface area (Å²) in [6.07, 6.45) is 0.633. The number of fused-ring (bicyclic) bond motifs is 1. The fourth-order valence-corrected chi connectivity index (χ4v) is 4.40. The van der Waals surface area contributed by atoms with Crippen molar-refractivity contribution in [3.63, 3.8) is 0 Å². The molecule has 1 heterocycles. The molecule has 0 saturated carbocycles. The maximum atomic E-state index is 13.2. The molecule has 0 unspecified atom stereocenters. The van der Waals surface area contributed by atoms with E-state index in [9.17, 15) is 18.0 Å². The molecule has 10 heteroatoms. The first-order valence-corrected chi connectivity index (χ1v) is 11.2. The van der Waals surface area contributed by atoms with Gasteiger partial charge in [-0.25, -0.2) is 8.42 Å². The van der Waals surface area contributed by atoms with Crippen LogP contribution in [0.3, 0.4) is 0 Å². The van der Waals surface area contributed by atoms with Crippen molar-refractivity contribution in [2.24, 2.45) is 0 Å². The number of nitrogens with zero attached hydrogens (tertiary/aromatic N) is 1. The Labute approximate surface area is 186 Å². The standard InChI is InChI=1S/C22H25N3O6S/c1-14-6-5-7-15(10-14)25(2)32(28,29)16-8-9-19-17(11-16)21(26)18(12-23-19)22(27)24-13-20(30-3)31-4/h5-12,20H,13H2,1-4H3,(H,23,26)(H,24,27). The van der Waals surface area contributed by atoms with Gasteiger partial charge >= 0.3 is 0 Å². The summed E-state index contributed by atoms with van der Waals surface area (Å²) in [4.78, 5) is 28.3. The van der Waals surface area contributed by atoms with Crippen molar-refractivity contribution in [1.82, 2.24) is 10.3 Å². The van der Waals surface area contributed by atoms with Crippen LogP contribution in [0, 0.1) is 6.92 Å². The number of aromatic nitrogens is 1. The first-order valence-electron chi connectivity index (χ1n) is 9.74. The fourth-order valence-electron chi connectivity index (χ4n) is 3.18. The maximum absolute atomic E-state index is 13.2. The van der Waals surface area contributed by atoms with Crippen molar-refractivity contribution in [1.29, 1.82) is 0 Å². The second-order valence-corrected chi connectivity index (χ2v) is 9.13. The summed E-state index contributed by atoms with van der Waals surface area (Å²) in [6.45, 7) is 1.91. The van der Waals surface area contributed by atoms with Crippen LogP contribution in [-0.2, 0) is 19.5 Å². The molecule has 0 radical (unpaired) electrons. The predicted octanol–water partition coefficient (Wildman–Crippen LogP) is 2.01.